The maximum absolute atomic E-state index is 13.3. The minimum absolute atomic E-state index is 0.0157. The Hall–Kier alpha value is -3.97. The molecule has 1 fully saturated rings. The van der Waals surface area contributed by atoms with Crippen molar-refractivity contribution in [1.29, 1.82) is 0 Å². The van der Waals surface area contributed by atoms with Gasteiger partial charge in [0.25, 0.3) is 11.7 Å². The number of carbonyl (C=O) groups is 2. The molecule has 7 nitrogen and oxygen atoms in total. The molecule has 1 amide bonds. The van der Waals surface area contributed by atoms with Gasteiger partial charge in [0, 0.05) is 17.3 Å². The number of ketones is 1. The third-order valence-electron chi connectivity index (χ3n) is 5.77. The summed E-state index contributed by atoms with van der Waals surface area (Å²) in [7, 11) is 3.00. The van der Waals surface area contributed by atoms with Gasteiger partial charge in [-0.05, 0) is 61.9 Å². The second-order valence-corrected chi connectivity index (χ2v) is 8.86. The standard InChI is InChI=1S/C28H26ClNO6/c1-16(2)36-20-11-8-17(9-12-20)25-24(26(31)18-10-13-23(35-4)22(29)14-18)27(32)28(33)30(25)19-6-5-7-21(15-19)34-3/h5-16,25,31H,1-4H3/b26-24+. The Balaban J connectivity index is 1.90. The number of benzene rings is 3. The van der Waals surface area contributed by atoms with Crippen molar-refractivity contribution in [2.75, 3.05) is 19.1 Å². The molecule has 1 heterocycles. The van der Waals surface area contributed by atoms with E-state index >= 15 is 0 Å². The molecule has 1 atom stereocenters. The van der Waals surface area contributed by atoms with Crippen molar-refractivity contribution < 1.29 is 28.9 Å². The molecular weight excluding hydrogens is 482 g/mol. The smallest absolute Gasteiger partial charge is 0.300 e. The van der Waals surface area contributed by atoms with Crippen molar-refractivity contribution in [3.63, 3.8) is 0 Å². The molecule has 1 N–H and O–H groups in total. The van der Waals surface area contributed by atoms with Crippen LogP contribution in [0.5, 0.6) is 17.2 Å². The van der Waals surface area contributed by atoms with Crippen LogP contribution in [0.4, 0.5) is 5.69 Å². The van der Waals surface area contributed by atoms with Crippen LogP contribution < -0.4 is 19.1 Å². The third kappa shape index (κ3) is 4.75. The molecule has 0 spiro atoms. The summed E-state index contributed by atoms with van der Waals surface area (Å²) in [5.41, 5.74) is 1.31. The molecule has 8 heteroatoms. The lowest BCUT2D eigenvalue weighted by Gasteiger charge is -2.26. The topological polar surface area (TPSA) is 85.3 Å². The van der Waals surface area contributed by atoms with E-state index in [0.717, 1.165) is 0 Å². The zero-order chi connectivity index (χ0) is 26.0. The number of halogens is 1. The summed E-state index contributed by atoms with van der Waals surface area (Å²) in [6.07, 6.45) is -0.0157. The summed E-state index contributed by atoms with van der Waals surface area (Å²) in [6, 6.07) is 17.7. The van der Waals surface area contributed by atoms with Crippen LogP contribution in [0.2, 0.25) is 5.02 Å². The number of hydrogen-bond acceptors (Lipinski definition) is 6. The van der Waals surface area contributed by atoms with Crippen molar-refractivity contribution in [1.82, 2.24) is 0 Å². The number of nitrogens with zero attached hydrogens (tertiary/aromatic N) is 1. The van der Waals surface area contributed by atoms with Crippen LogP contribution in [-0.2, 0) is 9.59 Å². The number of rotatable bonds is 7. The minimum Gasteiger partial charge on any atom is -0.507 e. The van der Waals surface area contributed by atoms with Gasteiger partial charge in [0.1, 0.15) is 23.0 Å². The summed E-state index contributed by atoms with van der Waals surface area (Å²) in [5.74, 6) is -0.324. The van der Waals surface area contributed by atoms with Gasteiger partial charge in [0.05, 0.1) is 37.0 Å². The van der Waals surface area contributed by atoms with Crippen LogP contribution in [0.15, 0.2) is 72.3 Å². The molecule has 186 valence electrons. The monoisotopic (exact) mass is 507 g/mol. The summed E-state index contributed by atoms with van der Waals surface area (Å²) in [4.78, 5) is 28.0. The van der Waals surface area contributed by atoms with Crippen molar-refractivity contribution >= 4 is 34.7 Å². The SMILES string of the molecule is COc1cccc(N2C(=O)C(=O)/C(=C(/O)c3ccc(OC)c(Cl)c3)C2c2ccc(OC(C)C)cc2)c1. The van der Waals surface area contributed by atoms with Crippen LogP contribution in [-0.4, -0.2) is 37.1 Å². The number of methoxy groups -OCH3 is 2. The number of aliphatic hydroxyl groups excluding tert-OH is 1. The first kappa shape index (κ1) is 25.1. The first-order valence-electron chi connectivity index (χ1n) is 11.3. The summed E-state index contributed by atoms with van der Waals surface area (Å²) < 4.78 is 16.3. The first-order valence-corrected chi connectivity index (χ1v) is 11.7. The highest BCUT2D eigenvalue weighted by Gasteiger charge is 2.47. The van der Waals surface area contributed by atoms with Crippen molar-refractivity contribution in [3.05, 3.63) is 88.5 Å². The molecule has 1 aliphatic heterocycles. The zero-order valence-electron chi connectivity index (χ0n) is 20.3. The van der Waals surface area contributed by atoms with E-state index in [2.05, 4.69) is 0 Å². The maximum Gasteiger partial charge on any atom is 0.300 e. The predicted octanol–water partition coefficient (Wildman–Crippen LogP) is 5.77. The highest BCUT2D eigenvalue weighted by atomic mass is 35.5. The summed E-state index contributed by atoms with van der Waals surface area (Å²) >= 11 is 6.27. The molecule has 0 aliphatic carbocycles. The molecule has 3 aromatic rings. The lowest BCUT2D eigenvalue weighted by Crippen LogP contribution is -2.29. The van der Waals surface area contributed by atoms with E-state index in [4.69, 9.17) is 25.8 Å². The molecule has 0 radical (unpaired) electrons. The largest absolute Gasteiger partial charge is 0.507 e. The Morgan fingerprint density at radius 1 is 0.944 bits per heavy atom. The molecule has 1 aliphatic rings. The lowest BCUT2D eigenvalue weighted by molar-refractivity contribution is -0.132. The number of carbonyl (C=O) groups excluding carboxylic acids is 2. The predicted molar refractivity (Wildman–Crippen MR) is 138 cm³/mol. The second kappa shape index (κ2) is 10.3. The zero-order valence-corrected chi connectivity index (χ0v) is 21.1. The van der Waals surface area contributed by atoms with E-state index in [1.165, 1.54) is 25.2 Å². The van der Waals surface area contributed by atoms with Gasteiger partial charge in [0.2, 0.25) is 0 Å². The molecule has 1 unspecified atom stereocenters. The highest BCUT2D eigenvalue weighted by Crippen LogP contribution is 2.43. The quantitative estimate of drug-likeness (QED) is 0.248. The molecule has 3 aromatic carbocycles. The number of anilines is 1. The van der Waals surface area contributed by atoms with Crippen molar-refractivity contribution in [3.8, 4) is 17.2 Å². The normalized spacial score (nSPS) is 16.9. The van der Waals surface area contributed by atoms with Gasteiger partial charge in [-0.3, -0.25) is 14.5 Å². The van der Waals surface area contributed by atoms with Crippen LogP contribution in [0.1, 0.15) is 31.0 Å². The highest BCUT2D eigenvalue weighted by molar-refractivity contribution is 6.51. The molecular formula is C28H26ClNO6. The average molecular weight is 508 g/mol. The van der Waals surface area contributed by atoms with Crippen LogP contribution >= 0.6 is 11.6 Å². The number of hydrogen-bond donors (Lipinski definition) is 1. The van der Waals surface area contributed by atoms with Gasteiger partial charge in [-0.15, -0.1) is 0 Å². The molecule has 0 saturated carbocycles. The van der Waals surface area contributed by atoms with E-state index in [9.17, 15) is 14.7 Å². The fraction of sp³-hybridized carbons (Fsp3) is 0.214. The Kier molecular flexibility index (Phi) is 7.22. The number of ether oxygens (including phenoxy) is 3. The molecule has 0 aromatic heterocycles. The van der Waals surface area contributed by atoms with Gasteiger partial charge in [-0.25, -0.2) is 0 Å². The Morgan fingerprint density at radius 3 is 2.28 bits per heavy atom. The maximum atomic E-state index is 13.3. The number of aliphatic hydroxyl groups is 1. The van der Waals surface area contributed by atoms with E-state index in [-0.39, 0.29) is 28.0 Å². The second-order valence-electron chi connectivity index (χ2n) is 8.46. The van der Waals surface area contributed by atoms with Crippen LogP contribution in [0.25, 0.3) is 5.76 Å². The minimum atomic E-state index is -0.897. The Bertz CT molecular complexity index is 1330. The summed E-state index contributed by atoms with van der Waals surface area (Å²) in [5, 5.41) is 11.6. The van der Waals surface area contributed by atoms with E-state index in [1.807, 2.05) is 13.8 Å². The van der Waals surface area contributed by atoms with Crippen molar-refractivity contribution in [2.24, 2.45) is 0 Å². The van der Waals surface area contributed by atoms with Crippen LogP contribution in [0.3, 0.4) is 0 Å². The molecule has 0 bridgehead atoms. The van der Waals surface area contributed by atoms with E-state index in [0.29, 0.717) is 28.5 Å². The first-order chi connectivity index (χ1) is 17.2. The van der Waals surface area contributed by atoms with Crippen LogP contribution in [0, 0.1) is 0 Å². The summed E-state index contributed by atoms with van der Waals surface area (Å²) in [6.45, 7) is 3.84. The fourth-order valence-corrected chi connectivity index (χ4v) is 4.40. The number of Topliss-reactive ketones (excluding diaryl/α,β-unsaturated/α-hetero) is 1. The molecule has 1 saturated heterocycles. The van der Waals surface area contributed by atoms with Gasteiger partial charge >= 0.3 is 0 Å². The van der Waals surface area contributed by atoms with Crippen molar-refractivity contribution in [2.45, 2.75) is 26.0 Å². The Morgan fingerprint density at radius 2 is 1.67 bits per heavy atom. The fourth-order valence-electron chi connectivity index (χ4n) is 4.14. The lowest BCUT2D eigenvalue weighted by atomic mass is 9.95. The van der Waals surface area contributed by atoms with E-state index in [1.54, 1.807) is 60.7 Å². The average Bonchev–Trinajstić information content (AvgIpc) is 3.14. The third-order valence-corrected chi connectivity index (χ3v) is 6.06. The molecule has 36 heavy (non-hydrogen) atoms. The van der Waals surface area contributed by atoms with Gasteiger partial charge in [0.15, 0.2) is 0 Å². The number of amides is 1. The van der Waals surface area contributed by atoms with E-state index < -0.39 is 17.7 Å². The van der Waals surface area contributed by atoms with Gasteiger partial charge in [-0.2, -0.15) is 0 Å². The van der Waals surface area contributed by atoms with Gasteiger partial charge < -0.3 is 19.3 Å². The van der Waals surface area contributed by atoms with Gasteiger partial charge in [-0.1, -0.05) is 29.8 Å². The Labute approximate surface area is 214 Å². The molecule has 4 rings (SSSR count).